The van der Waals surface area contributed by atoms with E-state index in [9.17, 15) is 4.79 Å². The van der Waals surface area contributed by atoms with Crippen molar-refractivity contribution in [3.63, 3.8) is 0 Å². The minimum atomic E-state index is -0.119. The average molecular weight is 398 g/mol. The van der Waals surface area contributed by atoms with E-state index in [0.29, 0.717) is 11.5 Å². The van der Waals surface area contributed by atoms with Gasteiger partial charge in [-0.25, -0.2) is 0 Å². The van der Waals surface area contributed by atoms with Gasteiger partial charge in [0, 0.05) is 23.0 Å². The van der Waals surface area contributed by atoms with Crippen molar-refractivity contribution in [3.05, 3.63) is 63.3 Å². The summed E-state index contributed by atoms with van der Waals surface area (Å²) in [6.07, 6.45) is 3.66. The number of nitrogens with zero attached hydrogens (tertiary/aromatic N) is 1. The van der Waals surface area contributed by atoms with Gasteiger partial charge in [0.2, 0.25) is 0 Å². The van der Waals surface area contributed by atoms with Crippen LogP contribution in [0.3, 0.4) is 0 Å². The molecular weight excluding hydrogens is 378 g/mol. The summed E-state index contributed by atoms with van der Waals surface area (Å²) >= 11 is 3.20. The molecule has 7 heteroatoms. The molecule has 1 fully saturated rings. The van der Waals surface area contributed by atoms with Gasteiger partial charge in [0.25, 0.3) is 5.91 Å². The van der Waals surface area contributed by atoms with Gasteiger partial charge in [-0.05, 0) is 48.2 Å². The number of ether oxygens (including phenoxy) is 1. The van der Waals surface area contributed by atoms with Gasteiger partial charge in [0.1, 0.15) is 11.2 Å². The lowest BCUT2D eigenvalue weighted by atomic mass is 10.1. The highest BCUT2D eigenvalue weighted by molar-refractivity contribution is 8.05. The molecule has 1 aliphatic heterocycles. The molecule has 4 rings (SSSR count). The fourth-order valence-electron chi connectivity index (χ4n) is 2.86. The molecule has 2 N–H and O–H groups in total. The summed E-state index contributed by atoms with van der Waals surface area (Å²) in [6.45, 7) is 3.30. The Morgan fingerprint density at radius 2 is 2.26 bits per heavy atom. The van der Waals surface area contributed by atoms with Crippen LogP contribution in [0.5, 0.6) is 5.75 Å². The highest BCUT2D eigenvalue weighted by Crippen LogP contribution is 2.30. The van der Waals surface area contributed by atoms with Crippen molar-refractivity contribution >= 4 is 46.0 Å². The lowest BCUT2D eigenvalue weighted by Crippen LogP contribution is -2.36. The predicted molar refractivity (Wildman–Crippen MR) is 112 cm³/mol. The van der Waals surface area contributed by atoms with Crippen LogP contribution in [-0.4, -0.2) is 23.0 Å². The zero-order chi connectivity index (χ0) is 18.6. The average Bonchev–Trinajstić information content (AvgIpc) is 3.31. The number of carbonyl (C=O) groups is 1. The van der Waals surface area contributed by atoms with Crippen LogP contribution < -0.4 is 15.4 Å². The Bertz CT molecular complexity index is 986. The molecule has 0 saturated carbocycles. The molecule has 3 heterocycles. The van der Waals surface area contributed by atoms with Crippen molar-refractivity contribution in [1.82, 2.24) is 15.6 Å². The molecule has 5 nitrogen and oxygen atoms in total. The van der Waals surface area contributed by atoms with E-state index in [2.05, 4.69) is 21.7 Å². The van der Waals surface area contributed by atoms with Crippen LogP contribution in [0.1, 0.15) is 17.4 Å². The number of hydrogen-bond acceptors (Lipinski definition) is 6. The van der Waals surface area contributed by atoms with Crippen molar-refractivity contribution < 1.29 is 9.53 Å². The van der Waals surface area contributed by atoms with Crippen molar-refractivity contribution in [2.24, 2.45) is 0 Å². The number of hydrogen-bond donors (Lipinski definition) is 2. The highest BCUT2D eigenvalue weighted by Gasteiger charge is 2.26. The topological polar surface area (TPSA) is 63.2 Å². The SMILES string of the molecule is CCOc1ccnc2ccc(/C=C3\SC(NCc4cccs4)NC3=O)cc12. The number of amides is 1. The molecule has 0 aliphatic carbocycles. The Kier molecular flexibility index (Phi) is 5.42. The second-order valence-electron chi connectivity index (χ2n) is 5.96. The van der Waals surface area contributed by atoms with Crippen LogP contribution in [0, 0.1) is 0 Å². The fraction of sp³-hybridized carbons (Fsp3) is 0.200. The number of rotatable bonds is 6. The van der Waals surface area contributed by atoms with Crippen molar-refractivity contribution in [2.75, 3.05) is 6.61 Å². The van der Waals surface area contributed by atoms with E-state index in [1.165, 1.54) is 16.6 Å². The first-order chi connectivity index (χ1) is 13.2. The van der Waals surface area contributed by atoms with Gasteiger partial charge >= 0.3 is 0 Å². The Hall–Kier alpha value is -2.35. The molecule has 138 valence electrons. The number of thiophene rings is 1. The summed E-state index contributed by atoms with van der Waals surface area (Å²) < 4.78 is 5.70. The number of pyridine rings is 1. The first kappa shape index (κ1) is 18.0. The Labute approximate surface area is 165 Å². The van der Waals surface area contributed by atoms with Crippen molar-refractivity contribution in [2.45, 2.75) is 19.0 Å². The first-order valence-electron chi connectivity index (χ1n) is 8.69. The molecule has 1 atom stereocenters. The third kappa shape index (κ3) is 4.16. The van der Waals surface area contributed by atoms with Gasteiger partial charge in [-0.2, -0.15) is 0 Å². The molecule has 27 heavy (non-hydrogen) atoms. The quantitative estimate of drug-likeness (QED) is 0.616. The second kappa shape index (κ2) is 8.12. The predicted octanol–water partition coefficient (Wildman–Crippen LogP) is 3.97. The molecule has 0 spiro atoms. The van der Waals surface area contributed by atoms with E-state index in [-0.39, 0.29) is 11.4 Å². The molecule has 2 aromatic heterocycles. The van der Waals surface area contributed by atoms with Gasteiger partial charge < -0.3 is 10.1 Å². The number of nitrogens with one attached hydrogen (secondary N) is 2. The number of fused-ring (bicyclic) bond motifs is 1. The van der Waals surface area contributed by atoms with E-state index in [1.807, 2.05) is 48.7 Å². The van der Waals surface area contributed by atoms with Crippen molar-refractivity contribution in [1.29, 1.82) is 0 Å². The van der Waals surface area contributed by atoms with Gasteiger partial charge in [0.05, 0.1) is 17.0 Å². The highest BCUT2D eigenvalue weighted by atomic mass is 32.2. The van der Waals surface area contributed by atoms with Gasteiger partial charge in [-0.1, -0.05) is 23.9 Å². The Morgan fingerprint density at radius 3 is 3.07 bits per heavy atom. The molecular formula is C20H19N3O2S2. The Balaban J connectivity index is 1.52. The molecule has 3 aromatic rings. The summed E-state index contributed by atoms with van der Waals surface area (Å²) in [5.74, 6) is 0.752. The number of thioether (sulfide) groups is 1. The number of carbonyl (C=O) groups excluding carboxylic acids is 1. The Morgan fingerprint density at radius 1 is 1.33 bits per heavy atom. The monoisotopic (exact) mass is 397 g/mol. The van der Waals surface area contributed by atoms with Crippen molar-refractivity contribution in [3.8, 4) is 5.75 Å². The molecule has 1 aromatic carbocycles. The smallest absolute Gasteiger partial charge is 0.259 e. The molecule has 0 bridgehead atoms. The van der Waals surface area contributed by atoms with Crippen LogP contribution >= 0.6 is 23.1 Å². The van der Waals surface area contributed by atoms with E-state index >= 15 is 0 Å². The maximum absolute atomic E-state index is 12.3. The molecule has 1 unspecified atom stereocenters. The maximum atomic E-state index is 12.3. The maximum Gasteiger partial charge on any atom is 0.259 e. The normalized spacial score (nSPS) is 18.2. The second-order valence-corrected chi connectivity index (χ2v) is 8.14. The minimum Gasteiger partial charge on any atom is -0.493 e. The lowest BCUT2D eigenvalue weighted by Gasteiger charge is -2.09. The van der Waals surface area contributed by atoms with Crippen LogP contribution in [0.4, 0.5) is 0 Å². The van der Waals surface area contributed by atoms with E-state index in [4.69, 9.17) is 4.74 Å². The summed E-state index contributed by atoms with van der Waals surface area (Å²) in [4.78, 5) is 18.6. The van der Waals surface area contributed by atoms with Crippen LogP contribution in [0.25, 0.3) is 17.0 Å². The van der Waals surface area contributed by atoms with E-state index in [1.54, 1.807) is 17.5 Å². The van der Waals surface area contributed by atoms with E-state index in [0.717, 1.165) is 28.8 Å². The zero-order valence-electron chi connectivity index (χ0n) is 14.8. The van der Waals surface area contributed by atoms with Gasteiger partial charge in [0.15, 0.2) is 0 Å². The molecule has 1 amide bonds. The van der Waals surface area contributed by atoms with E-state index < -0.39 is 0 Å². The fourth-order valence-corrected chi connectivity index (χ4v) is 4.47. The standard InChI is InChI=1S/C20H19N3O2S2/c1-2-25-17-7-8-21-16-6-5-13(10-15(16)17)11-18-19(24)23-20(27-18)22-12-14-4-3-9-26-14/h3-11,20,22H,2,12H2,1H3,(H,23,24)/b18-11-. The summed E-state index contributed by atoms with van der Waals surface area (Å²) in [5.41, 5.74) is 1.71. The van der Waals surface area contributed by atoms with Crippen LogP contribution in [0.2, 0.25) is 0 Å². The van der Waals surface area contributed by atoms with Crippen LogP contribution in [-0.2, 0) is 11.3 Å². The van der Waals surface area contributed by atoms with Gasteiger partial charge in [-0.3, -0.25) is 15.1 Å². The first-order valence-corrected chi connectivity index (χ1v) is 10.5. The number of benzene rings is 1. The minimum absolute atomic E-state index is 0.0556. The molecule has 1 saturated heterocycles. The van der Waals surface area contributed by atoms with Crippen LogP contribution in [0.15, 0.2) is 52.9 Å². The molecule has 1 aliphatic rings. The number of aromatic nitrogens is 1. The van der Waals surface area contributed by atoms with Gasteiger partial charge in [-0.15, -0.1) is 11.3 Å². The zero-order valence-corrected chi connectivity index (χ0v) is 16.4. The lowest BCUT2D eigenvalue weighted by molar-refractivity contribution is -0.116. The summed E-state index contributed by atoms with van der Waals surface area (Å²) in [5, 5.41) is 9.32. The third-order valence-electron chi connectivity index (χ3n) is 4.10. The largest absolute Gasteiger partial charge is 0.493 e. The molecule has 0 radical (unpaired) electrons. The summed E-state index contributed by atoms with van der Waals surface area (Å²) in [6, 6.07) is 11.9. The third-order valence-corrected chi connectivity index (χ3v) is 6.05. The summed E-state index contributed by atoms with van der Waals surface area (Å²) in [7, 11) is 0.